The van der Waals surface area contributed by atoms with Crippen molar-refractivity contribution < 1.29 is 19.1 Å². The Morgan fingerprint density at radius 1 is 1.18 bits per heavy atom. The number of rotatable bonds is 4. The van der Waals surface area contributed by atoms with E-state index in [2.05, 4.69) is 5.32 Å². The van der Waals surface area contributed by atoms with Gasteiger partial charge in [-0.1, -0.05) is 23.7 Å². The fourth-order valence-corrected chi connectivity index (χ4v) is 1.97. The number of aryl methyl sites for hydroxylation is 1. The minimum absolute atomic E-state index is 0.158. The van der Waals surface area contributed by atoms with Crippen molar-refractivity contribution in [3.8, 4) is 0 Å². The highest BCUT2D eigenvalue weighted by molar-refractivity contribution is 6.33. The summed E-state index contributed by atoms with van der Waals surface area (Å²) in [5, 5.41) is 2.37. The standard InChI is InChI=1S/C15H13ClN2O4/c1-18-8-4-7-12(18)14(20)17-13(19)9-22-15(21)10-5-2-3-6-11(10)16/h2-8H,9H2,1H3,(H,17,19,20). The Balaban J connectivity index is 1.88. The maximum Gasteiger partial charge on any atom is 0.340 e. The van der Waals surface area contributed by atoms with Crippen LogP contribution in [0.3, 0.4) is 0 Å². The van der Waals surface area contributed by atoms with Crippen molar-refractivity contribution in [1.29, 1.82) is 0 Å². The molecule has 1 aromatic carbocycles. The van der Waals surface area contributed by atoms with Crippen molar-refractivity contribution in [2.75, 3.05) is 6.61 Å². The van der Waals surface area contributed by atoms with Crippen LogP contribution in [0.25, 0.3) is 0 Å². The van der Waals surface area contributed by atoms with Gasteiger partial charge in [-0.15, -0.1) is 0 Å². The van der Waals surface area contributed by atoms with E-state index in [0.717, 1.165) is 0 Å². The molecular weight excluding hydrogens is 308 g/mol. The molecule has 0 saturated heterocycles. The van der Waals surface area contributed by atoms with Gasteiger partial charge in [0.1, 0.15) is 5.69 Å². The zero-order chi connectivity index (χ0) is 16.1. The maximum atomic E-state index is 11.8. The molecule has 0 saturated carbocycles. The van der Waals surface area contributed by atoms with Crippen molar-refractivity contribution >= 4 is 29.4 Å². The summed E-state index contributed by atoms with van der Waals surface area (Å²) in [7, 11) is 1.68. The Hall–Kier alpha value is -2.60. The van der Waals surface area contributed by atoms with Crippen LogP contribution in [-0.4, -0.2) is 29.0 Å². The summed E-state index contributed by atoms with van der Waals surface area (Å²) in [4.78, 5) is 35.2. The first-order valence-corrected chi connectivity index (χ1v) is 6.74. The second kappa shape index (κ2) is 6.91. The molecule has 7 heteroatoms. The van der Waals surface area contributed by atoms with Gasteiger partial charge in [-0.2, -0.15) is 0 Å². The fourth-order valence-electron chi connectivity index (χ4n) is 1.76. The molecule has 0 unspecified atom stereocenters. The topological polar surface area (TPSA) is 77.4 Å². The van der Waals surface area contributed by atoms with E-state index in [1.807, 2.05) is 0 Å². The van der Waals surface area contributed by atoms with Gasteiger partial charge in [0, 0.05) is 13.2 Å². The van der Waals surface area contributed by atoms with Gasteiger partial charge in [-0.3, -0.25) is 14.9 Å². The number of aromatic nitrogens is 1. The van der Waals surface area contributed by atoms with Crippen LogP contribution in [0.1, 0.15) is 20.8 Å². The van der Waals surface area contributed by atoms with Crippen LogP contribution in [-0.2, 0) is 16.6 Å². The van der Waals surface area contributed by atoms with E-state index in [9.17, 15) is 14.4 Å². The largest absolute Gasteiger partial charge is 0.452 e. The summed E-state index contributed by atoms with van der Waals surface area (Å²) in [6, 6.07) is 9.57. The van der Waals surface area contributed by atoms with Gasteiger partial charge in [0.05, 0.1) is 10.6 Å². The first-order valence-electron chi connectivity index (χ1n) is 6.36. The molecule has 0 fully saturated rings. The SMILES string of the molecule is Cn1cccc1C(=O)NC(=O)COC(=O)c1ccccc1Cl. The van der Waals surface area contributed by atoms with Crippen LogP contribution in [0.4, 0.5) is 0 Å². The van der Waals surface area contributed by atoms with Gasteiger partial charge in [-0.25, -0.2) is 4.79 Å². The van der Waals surface area contributed by atoms with E-state index >= 15 is 0 Å². The highest BCUT2D eigenvalue weighted by atomic mass is 35.5. The average molecular weight is 321 g/mol. The predicted octanol–water partition coefficient (Wildman–Crippen LogP) is 1.79. The van der Waals surface area contributed by atoms with E-state index in [-0.39, 0.29) is 10.6 Å². The lowest BCUT2D eigenvalue weighted by Gasteiger charge is -2.07. The number of hydrogen-bond acceptors (Lipinski definition) is 4. The molecule has 114 valence electrons. The van der Waals surface area contributed by atoms with Crippen LogP contribution in [0.2, 0.25) is 5.02 Å². The third-order valence-corrected chi connectivity index (χ3v) is 3.19. The van der Waals surface area contributed by atoms with E-state index < -0.39 is 24.4 Å². The molecule has 1 heterocycles. The van der Waals surface area contributed by atoms with Crippen LogP contribution in [0.15, 0.2) is 42.6 Å². The highest BCUT2D eigenvalue weighted by Crippen LogP contribution is 2.15. The highest BCUT2D eigenvalue weighted by Gasteiger charge is 2.16. The maximum absolute atomic E-state index is 11.8. The molecule has 1 aromatic heterocycles. The van der Waals surface area contributed by atoms with Crippen molar-refractivity contribution in [2.24, 2.45) is 7.05 Å². The number of nitrogens with zero attached hydrogens (tertiary/aromatic N) is 1. The van der Waals surface area contributed by atoms with Gasteiger partial charge < -0.3 is 9.30 Å². The zero-order valence-electron chi connectivity index (χ0n) is 11.7. The minimum atomic E-state index is -0.730. The Morgan fingerprint density at radius 3 is 2.55 bits per heavy atom. The lowest BCUT2D eigenvalue weighted by molar-refractivity contribution is -0.123. The van der Waals surface area contributed by atoms with Crippen molar-refractivity contribution in [3.63, 3.8) is 0 Å². The smallest absolute Gasteiger partial charge is 0.340 e. The molecule has 2 aromatic rings. The summed E-state index contributed by atoms with van der Waals surface area (Å²) in [5.74, 6) is -2.01. The van der Waals surface area contributed by atoms with E-state index in [1.165, 1.54) is 12.1 Å². The summed E-state index contributed by atoms with van der Waals surface area (Å²) in [6.07, 6.45) is 1.68. The van der Waals surface area contributed by atoms with Crippen molar-refractivity contribution in [1.82, 2.24) is 9.88 Å². The Kier molecular flexibility index (Phi) is 4.95. The molecule has 0 bridgehead atoms. The number of amides is 2. The molecule has 2 amide bonds. The minimum Gasteiger partial charge on any atom is -0.452 e. The summed E-state index contributed by atoms with van der Waals surface area (Å²) in [5.41, 5.74) is 0.483. The zero-order valence-corrected chi connectivity index (χ0v) is 12.5. The van der Waals surface area contributed by atoms with Crippen molar-refractivity contribution in [3.05, 3.63) is 58.9 Å². The van der Waals surface area contributed by atoms with Crippen LogP contribution in [0.5, 0.6) is 0 Å². The normalized spacial score (nSPS) is 10.1. The summed E-state index contributed by atoms with van der Waals surface area (Å²) in [6.45, 7) is -0.569. The third kappa shape index (κ3) is 3.73. The number of ether oxygens (including phenoxy) is 1. The Bertz CT molecular complexity index is 724. The number of halogens is 1. The second-order valence-electron chi connectivity index (χ2n) is 4.44. The van der Waals surface area contributed by atoms with Crippen LogP contribution in [0, 0.1) is 0 Å². The summed E-state index contributed by atoms with van der Waals surface area (Å²) >= 11 is 5.85. The number of carbonyl (C=O) groups excluding carboxylic acids is 3. The summed E-state index contributed by atoms with van der Waals surface area (Å²) < 4.78 is 6.39. The molecule has 0 aliphatic rings. The lowest BCUT2D eigenvalue weighted by atomic mass is 10.2. The van der Waals surface area contributed by atoms with Gasteiger partial charge in [0.15, 0.2) is 6.61 Å². The molecule has 0 radical (unpaired) electrons. The van der Waals surface area contributed by atoms with Gasteiger partial charge in [0.2, 0.25) is 0 Å². The molecule has 0 aliphatic heterocycles. The third-order valence-electron chi connectivity index (χ3n) is 2.86. The molecule has 1 N–H and O–H groups in total. The molecule has 6 nitrogen and oxygen atoms in total. The first-order chi connectivity index (χ1) is 10.5. The lowest BCUT2D eigenvalue weighted by Crippen LogP contribution is -2.35. The molecule has 22 heavy (non-hydrogen) atoms. The number of benzene rings is 1. The number of imide groups is 1. The number of carbonyl (C=O) groups is 3. The van der Waals surface area contributed by atoms with Gasteiger partial charge >= 0.3 is 5.97 Å². The Morgan fingerprint density at radius 2 is 1.91 bits per heavy atom. The monoisotopic (exact) mass is 320 g/mol. The van der Waals surface area contributed by atoms with E-state index in [0.29, 0.717) is 5.69 Å². The first kappa shape index (κ1) is 15.8. The predicted molar refractivity (Wildman–Crippen MR) is 79.6 cm³/mol. The Labute approximate surface area is 131 Å². The number of esters is 1. The molecule has 0 aliphatic carbocycles. The quantitative estimate of drug-likeness (QED) is 0.871. The molecule has 2 rings (SSSR count). The molecular formula is C15H13ClN2O4. The second-order valence-corrected chi connectivity index (χ2v) is 4.84. The molecule has 0 atom stereocenters. The van der Waals surface area contributed by atoms with Crippen molar-refractivity contribution in [2.45, 2.75) is 0 Å². The average Bonchev–Trinajstić information content (AvgIpc) is 2.91. The van der Waals surface area contributed by atoms with E-state index in [4.69, 9.17) is 16.3 Å². The van der Waals surface area contributed by atoms with E-state index in [1.54, 1.807) is 42.1 Å². The van der Waals surface area contributed by atoms with Crippen LogP contribution < -0.4 is 5.32 Å². The molecule has 0 spiro atoms. The number of nitrogens with one attached hydrogen (secondary N) is 1. The van der Waals surface area contributed by atoms with Gasteiger partial charge in [-0.05, 0) is 24.3 Å². The van der Waals surface area contributed by atoms with Crippen LogP contribution >= 0.6 is 11.6 Å². The fraction of sp³-hybridized carbons (Fsp3) is 0.133. The van der Waals surface area contributed by atoms with Gasteiger partial charge in [0.25, 0.3) is 11.8 Å². The number of hydrogen-bond donors (Lipinski definition) is 1.